The van der Waals surface area contributed by atoms with Gasteiger partial charge < -0.3 is 15.1 Å². The highest BCUT2D eigenvalue weighted by molar-refractivity contribution is 6.24. The SMILES string of the molecule is NC(=O)c1c(C(F)(F)F)cc(-c2ccccc2)c2c1N=C(c1ccco1)N1CCN=C21. The Hall–Kier alpha value is -3.88. The van der Waals surface area contributed by atoms with E-state index >= 15 is 0 Å². The van der Waals surface area contributed by atoms with Gasteiger partial charge in [-0.25, -0.2) is 4.99 Å². The number of carbonyl (C=O) groups is 1. The number of rotatable bonds is 3. The molecule has 2 aliphatic rings. The molecular formula is C22H15F3N4O2. The summed E-state index contributed by atoms with van der Waals surface area (Å²) in [7, 11) is 0. The zero-order valence-electron chi connectivity index (χ0n) is 16.0. The maximum Gasteiger partial charge on any atom is 0.417 e. The number of amides is 1. The summed E-state index contributed by atoms with van der Waals surface area (Å²) in [5.74, 6) is -0.131. The van der Waals surface area contributed by atoms with Gasteiger partial charge in [0, 0.05) is 6.54 Å². The first kappa shape index (κ1) is 19.1. The topological polar surface area (TPSA) is 84.2 Å². The van der Waals surface area contributed by atoms with E-state index in [9.17, 15) is 18.0 Å². The van der Waals surface area contributed by atoms with E-state index in [-0.39, 0.29) is 17.1 Å². The molecule has 2 N–H and O–H groups in total. The first-order valence-corrected chi connectivity index (χ1v) is 9.44. The zero-order valence-corrected chi connectivity index (χ0v) is 16.0. The molecule has 5 rings (SSSR count). The van der Waals surface area contributed by atoms with Crippen molar-refractivity contribution in [3.8, 4) is 11.1 Å². The first-order valence-electron chi connectivity index (χ1n) is 9.44. The number of halogens is 3. The lowest BCUT2D eigenvalue weighted by Crippen LogP contribution is -2.38. The lowest BCUT2D eigenvalue weighted by molar-refractivity contribution is -0.137. The molecule has 1 amide bonds. The van der Waals surface area contributed by atoms with Crippen molar-refractivity contribution in [3.05, 3.63) is 77.2 Å². The number of aliphatic imine (C=N–C) groups is 2. The molecule has 3 heterocycles. The van der Waals surface area contributed by atoms with Crippen LogP contribution < -0.4 is 5.73 Å². The molecule has 0 fully saturated rings. The maximum absolute atomic E-state index is 14.0. The highest BCUT2D eigenvalue weighted by Gasteiger charge is 2.42. The third-order valence-electron chi connectivity index (χ3n) is 5.22. The molecule has 9 heteroatoms. The highest BCUT2D eigenvalue weighted by Crippen LogP contribution is 2.45. The summed E-state index contributed by atoms with van der Waals surface area (Å²) in [6.07, 6.45) is -3.37. The molecule has 0 unspecified atom stereocenters. The molecule has 31 heavy (non-hydrogen) atoms. The molecule has 156 valence electrons. The van der Waals surface area contributed by atoms with Crippen LogP contribution in [-0.2, 0) is 6.18 Å². The van der Waals surface area contributed by atoms with E-state index in [2.05, 4.69) is 9.98 Å². The van der Waals surface area contributed by atoms with Crippen molar-refractivity contribution in [1.29, 1.82) is 0 Å². The second-order valence-electron chi connectivity index (χ2n) is 7.07. The van der Waals surface area contributed by atoms with Crippen molar-refractivity contribution in [2.45, 2.75) is 6.18 Å². The number of benzene rings is 2. The van der Waals surface area contributed by atoms with E-state index in [1.54, 1.807) is 47.4 Å². The van der Waals surface area contributed by atoms with Gasteiger partial charge >= 0.3 is 6.18 Å². The predicted molar refractivity (Wildman–Crippen MR) is 108 cm³/mol. The van der Waals surface area contributed by atoms with E-state index in [1.165, 1.54) is 6.26 Å². The first-order chi connectivity index (χ1) is 14.9. The number of amidine groups is 2. The molecule has 0 saturated carbocycles. The van der Waals surface area contributed by atoms with Gasteiger partial charge in [-0.3, -0.25) is 9.79 Å². The number of nitrogens with two attached hydrogens (primary N) is 1. The fourth-order valence-corrected chi connectivity index (χ4v) is 3.95. The third-order valence-corrected chi connectivity index (χ3v) is 5.22. The minimum Gasteiger partial charge on any atom is -0.461 e. The van der Waals surface area contributed by atoms with Gasteiger partial charge in [0.15, 0.2) is 11.6 Å². The summed E-state index contributed by atoms with van der Waals surface area (Å²) >= 11 is 0. The molecule has 0 spiro atoms. The summed E-state index contributed by atoms with van der Waals surface area (Å²) in [5.41, 5.74) is 4.65. The third kappa shape index (κ3) is 3.00. The Bertz CT molecular complexity index is 1250. The highest BCUT2D eigenvalue weighted by atomic mass is 19.4. The molecule has 0 aliphatic carbocycles. The summed E-state index contributed by atoms with van der Waals surface area (Å²) in [5, 5.41) is 0. The van der Waals surface area contributed by atoms with Crippen LogP contribution in [-0.4, -0.2) is 35.6 Å². The van der Waals surface area contributed by atoms with Crippen molar-refractivity contribution in [2.75, 3.05) is 13.1 Å². The molecule has 6 nitrogen and oxygen atoms in total. The van der Waals surface area contributed by atoms with Crippen LogP contribution >= 0.6 is 0 Å². The quantitative estimate of drug-likeness (QED) is 0.683. The second kappa shape index (κ2) is 6.83. The van der Waals surface area contributed by atoms with E-state index in [1.807, 2.05) is 0 Å². The monoisotopic (exact) mass is 424 g/mol. The van der Waals surface area contributed by atoms with Gasteiger partial charge in [0.1, 0.15) is 5.84 Å². The Kier molecular flexibility index (Phi) is 4.21. The van der Waals surface area contributed by atoms with Crippen LogP contribution in [0.5, 0.6) is 0 Å². The van der Waals surface area contributed by atoms with Crippen LogP contribution in [0.2, 0.25) is 0 Å². The average molecular weight is 424 g/mol. The van der Waals surface area contributed by atoms with Crippen molar-refractivity contribution in [1.82, 2.24) is 4.90 Å². The summed E-state index contributed by atoms with van der Waals surface area (Å²) in [6, 6.07) is 12.9. The molecule has 0 saturated heterocycles. The molecular weight excluding hydrogens is 409 g/mol. The minimum atomic E-state index is -4.81. The van der Waals surface area contributed by atoms with Gasteiger partial charge in [-0.2, -0.15) is 13.2 Å². The number of furan rings is 1. The molecule has 1 aromatic heterocycles. The number of primary amides is 1. The molecule has 0 atom stereocenters. The van der Waals surface area contributed by atoms with Crippen LogP contribution in [0.1, 0.15) is 27.2 Å². The predicted octanol–water partition coefficient (Wildman–Crippen LogP) is 4.22. The summed E-state index contributed by atoms with van der Waals surface area (Å²) in [4.78, 5) is 23.0. The molecule has 2 aromatic carbocycles. The average Bonchev–Trinajstić information content (AvgIpc) is 3.44. The minimum absolute atomic E-state index is 0.149. The molecule has 0 radical (unpaired) electrons. The number of hydrogen-bond acceptors (Lipinski definition) is 5. The molecule has 3 aromatic rings. The standard InChI is InChI=1S/C22H15F3N4O2/c23-22(24,25)14-11-13(12-5-2-1-3-6-12)16-18(17(14)19(26)30)28-20(15-7-4-10-31-15)29-9-8-27-21(16)29/h1-7,10-11H,8-9H2,(H2,26,30). The number of alkyl halides is 3. The van der Waals surface area contributed by atoms with Gasteiger partial charge in [-0.15, -0.1) is 0 Å². The van der Waals surface area contributed by atoms with E-state index in [0.717, 1.165) is 6.07 Å². The Labute approximate surface area is 174 Å². The number of nitrogens with zero attached hydrogens (tertiary/aromatic N) is 3. The van der Waals surface area contributed by atoms with E-state index in [0.29, 0.717) is 35.8 Å². The number of carbonyl (C=O) groups excluding carboxylic acids is 1. The van der Waals surface area contributed by atoms with Gasteiger partial charge in [0.05, 0.1) is 35.2 Å². The van der Waals surface area contributed by atoms with Gasteiger partial charge in [-0.05, 0) is 29.3 Å². The Morgan fingerprint density at radius 2 is 1.87 bits per heavy atom. The van der Waals surface area contributed by atoms with Gasteiger partial charge in [0.2, 0.25) is 0 Å². The van der Waals surface area contributed by atoms with Crippen LogP contribution in [0.4, 0.5) is 18.9 Å². The fourth-order valence-electron chi connectivity index (χ4n) is 3.95. The van der Waals surface area contributed by atoms with Crippen LogP contribution in [0.25, 0.3) is 11.1 Å². The number of hydrogen-bond donors (Lipinski definition) is 1. The van der Waals surface area contributed by atoms with E-state index < -0.39 is 23.2 Å². The largest absolute Gasteiger partial charge is 0.461 e. The fraction of sp³-hybridized carbons (Fsp3) is 0.136. The lowest BCUT2D eigenvalue weighted by atomic mass is 9.89. The van der Waals surface area contributed by atoms with Crippen LogP contribution in [0.3, 0.4) is 0 Å². The maximum atomic E-state index is 14.0. The Balaban J connectivity index is 1.92. The van der Waals surface area contributed by atoms with Crippen molar-refractivity contribution >= 4 is 23.3 Å². The van der Waals surface area contributed by atoms with Crippen molar-refractivity contribution in [3.63, 3.8) is 0 Å². The van der Waals surface area contributed by atoms with E-state index in [4.69, 9.17) is 10.2 Å². The van der Waals surface area contributed by atoms with Crippen LogP contribution in [0.15, 0.2) is 69.2 Å². The zero-order chi connectivity index (χ0) is 21.8. The van der Waals surface area contributed by atoms with Crippen LogP contribution in [0, 0.1) is 0 Å². The Morgan fingerprint density at radius 3 is 2.52 bits per heavy atom. The Morgan fingerprint density at radius 1 is 1.10 bits per heavy atom. The van der Waals surface area contributed by atoms with Gasteiger partial charge in [0.25, 0.3) is 5.91 Å². The summed E-state index contributed by atoms with van der Waals surface area (Å²) < 4.78 is 47.4. The summed E-state index contributed by atoms with van der Waals surface area (Å²) in [6.45, 7) is 0.908. The second-order valence-corrected chi connectivity index (χ2v) is 7.07. The van der Waals surface area contributed by atoms with Crippen molar-refractivity contribution in [2.24, 2.45) is 15.7 Å². The molecule has 0 bridgehead atoms. The number of fused-ring (bicyclic) bond motifs is 3. The molecule has 2 aliphatic heterocycles. The van der Waals surface area contributed by atoms with Gasteiger partial charge in [-0.1, -0.05) is 30.3 Å². The van der Waals surface area contributed by atoms with Crippen molar-refractivity contribution < 1.29 is 22.4 Å². The smallest absolute Gasteiger partial charge is 0.417 e. The lowest BCUT2D eigenvalue weighted by Gasteiger charge is -2.30. The normalized spacial score (nSPS) is 15.3.